The highest BCUT2D eigenvalue weighted by atomic mass is 35.5. The van der Waals surface area contributed by atoms with Crippen molar-refractivity contribution in [2.45, 2.75) is 19.9 Å². The zero-order chi connectivity index (χ0) is 18.1. The second kappa shape index (κ2) is 8.06. The smallest absolute Gasteiger partial charge is 0.254 e. The summed E-state index contributed by atoms with van der Waals surface area (Å²) in [6.07, 6.45) is 1.77. The average Bonchev–Trinajstić information content (AvgIpc) is 3.12. The fraction of sp³-hybridized carbons (Fsp3) is 0.350. The molecule has 142 valence electrons. The highest BCUT2D eigenvalue weighted by Crippen LogP contribution is 2.27. The van der Waals surface area contributed by atoms with Crippen molar-refractivity contribution >= 4 is 29.3 Å². The van der Waals surface area contributed by atoms with Crippen molar-refractivity contribution < 1.29 is 4.79 Å². The van der Waals surface area contributed by atoms with Gasteiger partial charge in [-0.15, -0.1) is 12.4 Å². The third-order valence-electron chi connectivity index (χ3n) is 4.76. The van der Waals surface area contributed by atoms with Crippen LogP contribution in [0.3, 0.4) is 0 Å². The number of piperazine rings is 1. The number of amides is 1. The van der Waals surface area contributed by atoms with E-state index in [9.17, 15) is 4.79 Å². The van der Waals surface area contributed by atoms with Crippen LogP contribution in [0.2, 0.25) is 0 Å². The third kappa shape index (κ3) is 3.68. The monoisotopic (exact) mass is 385 g/mol. The van der Waals surface area contributed by atoms with Gasteiger partial charge in [0.2, 0.25) is 0 Å². The van der Waals surface area contributed by atoms with E-state index >= 15 is 0 Å². The zero-order valence-corrected chi connectivity index (χ0v) is 16.4. The van der Waals surface area contributed by atoms with E-state index < -0.39 is 0 Å². The van der Waals surface area contributed by atoms with Crippen molar-refractivity contribution in [3.8, 4) is 11.3 Å². The first kappa shape index (κ1) is 19.3. The number of benzene rings is 1. The molecule has 2 aromatic heterocycles. The summed E-state index contributed by atoms with van der Waals surface area (Å²) in [5, 5.41) is 8.60. The van der Waals surface area contributed by atoms with Gasteiger partial charge >= 0.3 is 0 Å². The van der Waals surface area contributed by atoms with E-state index in [2.05, 4.69) is 24.3 Å². The Kier molecular flexibility index (Phi) is 5.77. The lowest BCUT2D eigenvalue weighted by molar-refractivity contribution is 0.0738. The first-order valence-electron chi connectivity index (χ1n) is 9.09. The summed E-state index contributed by atoms with van der Waals surface area (Å²) in [5.41, 5.74) is 3.25. The average molecular weight is 386 g/mol. The van der Waals surface area contributed by atoms with E-state index in [1.54, 1.807) is 6.20 Å². The van der Waals surface area contributed by atoms with E-state index in [1.165, 1.54) is 0 Å². The molecule has 1 saturated heterocycles. The molecule has 1 fully saturated rings. The highest BCUT2D eigenvalue weighted by molar-refractivity contribution is 6.06. The predicted octanol–water partition coefficient (Wildman–Crippen LogP) is 3.15. The van der Waals surface area contributed by atoms with Gasteiger partial charge in [0.15, 0.2) is 5.65 Å². The molecule has 0 atom stereocenters. The van der Waals surface area contributed by atoms with Gasteiger partial charge in [0, 0.05) is 37.8 Å². The number of carbonyl (C=O) groups is 1. The SMILES string of the molecule is CC(C)n1ncc2c(C(=O)N3CCNCC3)cc(-c3ccccc3)nc21.Cl. The number of fused-ring (bicyclic) bond motifs is 1. The molecule has 6 nitrogen and oxygen atoms in total. The molecule has 0 bridgehead atoms. The first-order chi connectivity index (χ1) is 12.6. The number of pyridine rings is 1. The summed E-state index contributed by atoms with van der Waals surface area (Å²) in [6.45, 7) is 7.25. The minimum atomic E-state index is 0. The van der Waals surface area contributed by atoms with E-state index in [1.807, 2.05) is 46.0 Å². The molecule has 7 heteroatoms. The Morgan fingerprint density at radius 3 is 2.52 bits per heavy atom. The number of hydrogen-bond acceptors (Lipinski definition) is 4. The summed E-state index contributed by atoms with van der Waals surface area (Å²) in [5.74, 6) is 0.0550. The Balaban J connectivity index is 0.00000210. The van der Waals surface area contributed by atoms with E-state index in [4.69, 9.17) is 4.98 Å². The largest absolute Gasteiger partial charge is 0.336 e. The van der Waals surface area contributed by atoms with Crippen LogP contribution in [-0.4, -0.2) is 51.8 Å². The molecule has 0 spiro atoms. The first-order valence-corrected chi connectivity index (χ1v) is 9.09. The number of rotatable bonds is 3. The fourth-order valence-corrected chi connectivity index (χ4v) is 3.37. The molecule has 3 aromatic rings. The summed E-state index contributed by atoms with van der Waals surface area (Å²) in [7, 11) is 0. The minimum Gasteiger partial charge on any atom is -0.336 e. The highest BCUT2D eigenvalue weighted by Gasteiger charge is 2.23. The van der Waals surface area contributed by atoms with Crippen molar-refractivity contribution in [1.29, 1.82) is 0 Å². The van der Waals surface area contributed by atoms with Crippen molar-refractivity contribution in [3.63, 3.8) is 0 Å². The van der Waals surface area contributed by atoms with E-state index in [-0.39, 0.29) is 24.4 Å². The predicted molar refractivity (Wildman–Crippen MR) is 109 cm³/mol. The normalized spacial score (nSPS) is 14.4. The molecule has 27 heavy (non-hydrogen) atoms. The second-order valence-corrected chi connectivity index (χ2v) is 6.88. The lowest BCUT2D eigenvalue weighted by atomic mass is 10.1. The topological polar surface area (TPSA) is 63.1 Å². The minimum absolute atomic E-state index is 0. The third-order valence-corrected chi connectivity index (χ3v) is 4.76. The lowest BCUT2D eigenvalue weighted by Gasteiger charge is -2.27. The molecule has 0 unspecified atom stereocenters. The molecule has 1 aromatic carbocycles. The summed E-state index contributed by atoms with van der Waals surface area (Å²) >= 11 is 0. The van der Waals surface area contributed by atoms with Crippen LogP contribution < -0.4 is 5.32 Å². The van der Waals surface area contributed by atoms with Gasteiger partial charge in [-0.1, -0.05) is 30.3 Å². The summed E-state index contributed by atoms with van der Waals surface area (Å²) < 4.78 is 1.89. The van der Waals surface area contributed by atoms with Gasteiger partial charge in [-0.3, -0.25) is 4.79 Å². The number of carbonyl (C=O) groups excluding carboxylic acids is 1. The van der Waals surface area contributed by atoms with E-state index in [0.717, 1.165) is 48.5 Å². The van der Waals surface area contributed by atoms with Crippen LogP contribution in [0.25, 0.3) is 22.3 Å². The number of halogens is 1. The fourth-order valence-electron chi connectivity index (χ4n) is 3.37. The quantitative estimate of drug-likeness (QED) is 0.752. The molecule has 4 rings (SSSR count). The molecule has 3 heterocycles. The Hall–Kier alpha value is -2.44. The number of nitrogens with zero attached hydrogens (tertiary/aromatic N) is 4. The van der Waals surface area contributed by atoms with Crippen LogP contribution in [-0.2, 0) is 0 Å². The number of hydrogen-bond donors (Lipinski definition) is 1. The Labute approximate surface area is 165 Å². The zero-order valence-electron chi connectivity index (χ0n) is 15.6. The summed E-state index contributed by atoms with van der Waals surface area (Å²) in [6, 6.07) is 12.1. The molecule has 0 saturated carbocycles. The molecule has 1 amide bonds. The van der Waals surface area contributed by atoms with Gasteiger partial charge in [-0.05, 0) is 19.9 Å². The van der Waals surface area contributed by atoms with Crippen LogP contribution in [0.5, 0.6) is 0 Å². The number of nitrogens with one attached hydrogen (secondary N) is 1. The van der Waals surface area contributed by atoms with Crippen molar-refractivity contribution in [2.75, 3.05) is 26.2 Å². The maximum absolute atomic E-state index is 13.2. The van der Waals surface area contributed by atoms with Gasteiger partial charge in [-0.2, -0.15) is 5.10 Å². The van der Waals surface area contributed by atoms with Gasteiger partial charge in [0.05, 0.1) is 22.8 Å². The van der Waals surface area contributed by atoms with Gasteiger partial charge in [0.1, 0.15) is 0 Å². The van der Waals surface area contributed by atoms with Gasteiger partial charge in [-0.25, -0.2) is 9.67 Å². The van der Waals surface area contributed by atoms with Crippen LogP contribution in [0.15, 0.2) is 42.6 Å². The maximum Gasteiger partial charge on any atom is 0.254 e. The van der Waals surface area contributed by atoms with Crippen molar-refractivity contribution in [1.82, 2.24) is 25.0 Å². The van der Waals surface area contributed by atoms with Crippen molar-refractivity contribution in [2.24, 2.45) is 0 Å². The molecule has 0 aliphatic carbocycles. The standard InChI is InChI=1S/C20H23N5O.ClH/c1-14(2)25-19-17(13-22-25)16(20(26)24-10-8-21-9-11-24)12-18(23-19)15-6-4-3-5-7-15;/h3-7,12-14,21H,8-11H2,1-2H3;1H. The molecule has 0 radical (unpaired) electrons. The molecule has 1 aliphatic heterocycles. The Morgan fingerprint density at radius 2 is 1.85 bits per heavy atom. The van der Waals surface area contributed by atoms with Crippen LogP contribution in [0.1, 0.15) is 30.2 Å². The van der Waals surface area contributed by atoms with Gasteiger partial charge < -0.3 is 10.2 Å². The van der Waals surface area contributed by atoms with E-state index in [0.29, 0.717) is 5.56 Å². The second-order valence-electron chi connectivity index (χ2n) is 6.88. The molecular formula is C20H24ClN5O. The Bertz CT molecular complexity index is 932. The van der Waals surface area contributed by atoms with Crippen molar-refractivity contribution in [3.05, 3.63) is 48.2 Å². The summed E-state index contributed by atoms with van der Waals surface area (Å²) in [4.78, 5) is 20.0. The number of aromatic nitrogens is 3. The van der Waals surface area contributed by atoms with Crippen LogP contribution >= 0.6 is 12.4 Å². The van der Waals surface area contributed by atoms with Crippen LogP contribution in [0.4, 0.5) is 0 Å². The Morgan fingerprint density at radius 1 is 1.15 bits per heavy atom. The molecule has 1 aliphatic rings. The molecule has 1 N–H and O–H groups in total. The van der Waals surface area contributed by atoms with Gasteiger partial charge in [0.25, 0.3) is 5.91 Å². The van der Waals surface area contributed by atoms with Crippen LogP contribution in [0, 0.1) is 0 Å². The molecular weight excluding hydrogens is 362 g/mol. The lowest BCUT2D eigenvalue weighted by Crippen LogP contribution is -2.46. The maximum atomic E-state index is 13.2.